The molecule has 1 aliphatic heterocycles. The Bertz CT molecular complexity index is 633. The summed E-state index contributed by atoms with van der Waals surface area (Å²) in [4.78, 5) is 23.6. The first kappa shape index (κ1) is 14.3. The summed E-state index contributed by atoms with van der Waals surface area (Å²) in [6.45, 7) is 3.84. The zero-order valence-electron chi connectivity index (χ0n) is 12.5. The van der Waals surface area contributed by atoms with Gasteiger partial charge in [0, 0.05) is 39.0 Å². The van der Waals surface area contributed by atoms with Crippen LogP contribution in [-0.2, 0) is 19.4 Å². The van der Waals surface area contributed by atoms with Crippen molar-refractivity contribution in [3.63, 3.8) is 0 Å². The smallest absolute Gasteiger partial charge is 0.265 e. The van der Waals surface area contributed by atoms with Crippen molar-refractivity contribution in [2.24, 2.45) is 5.92 Å². The number of imidazole rings is 1. The van der Waals surface area contributed by atoms with Crippen molar-refractivity contribution >= 4 is 17.2 Å². The average Bonchev–Trinajstić information content (AvgIpc) is 3.14. The van der Waals surface area contributed by atoms with Gasteiger partial charge in [-0.25, -0.2) is 9.97 Å². The Labute approximate surface area is 128 Å². The maximum absolute atomic E-state index is 12.4. The van der Waals surface area contributed by atoms with Crippen LogP contribution in [0.3, 0.4) is 0 Å². The number of rotatable bonds is 4. The van der Waals surface area contributed by atoms with Crippen molar-refractivity contribution < 1.29 is 4.79 Å². The Morgan fingerprint density at radius 1 is 1.52 bits per heavy atom. The van der Waals surface area contributed by atoms with E-state index < -0.39 is 0 Å². The minimum atomic E-state index is 0.0844. The Balaban J connectivity index is 1.61. The van der Waals surface area contributed by atoms with Crippen LogP contribution in [0.4, 0.5) is 0 Å². The monoisotopic (exact) mass is 304 g/mol. The SMILES string of the molecule is CCc1ncc(C(=O)N(C)C[C@@H]2CCn3ccnc3C2)s1. The molecule has 0 spiro atoms. The van der Waals surface area contributed by atoms with Gasteiger partial charge in [-0.15, -0.1) is 11.3 Å². The van der Waals surface area contributed by atoms with Crippen molar-refractivity contribution in [2.75, 3.05) is 13.6 Å². The number of aryl methyl sites for hydroxylation is 2. The molecule has 6 heteroatoms. The van der Waals surface area contributed by atoms with Crippen molar-refractivity contribution in [3.8, 4) is 0 Å². The van der Waals surface area contributed by atoms with Crippen LogP contribution in [0.15, 0.2) is 18.6 Å². The molecule has 0 aliphatic carbocycles. The van der Waals surface area contributed by atoms with Gasteiger partial charge in [-0.05, 0) is 18.8 Å². The molecule has 2 aromatic heterocycles. The lowest BCUT2D eigenvalue weighted by Crippen LogP contribution is -2.34. The van der Waals surface area contributed by atoms with Crippen LogP contribution in [0, 0.1) is 5.92 Å². The summed E-state index contributed by atoms with van der Waals surface area (Å²) in [5, 5.41) is 1.02. The Kier molecular flexibility index (Phi) is 4.05. The van der Waals surface area contributed by atoms with E-state index in [1.165, 1.54) is 11.3 Å². The van der Waals surface area contributed by atoms with Gasteiger partial charge in [0.2, 0.25) is 0 Å². The molecule has 0 aromatic carbocycles. The second-order valence-corrected chi connectivity index (χ2v) is 6.67. The predicted molar refractivity (Wildman–Crippen MR) is 82.5 cm³/mol. The molecule has 2 aromatic rings. The van der Waals surface area contributed by atoms with E-state index in [4.69, 9.17) is 0 Å². The van der Waals surface area contributed by atoms with Crippen molar-refractivity contribution in [3.05, 3.63) is 34.3 Å². The number of amides is 1. The predicted octanol–water partition coefficient (Wildman–Crippen LogP) is 2.24. The van der Waals surface area contributed by atoms with E-state index in [1.54, 1.807) is 6.20 Å². The summed E-state index contributed by atoms with van der Waals surface area (Å²) in [5.41, 5.74) is 0. The maximum Gasteiger partial charge on any atom is 0.265 e. The largest absolute Gasteiger partial charge is 0.341 e. The van der Waals surface area contributed by atoms with Gasteiger partial charge in [0.25, 0.3) is 5.91 Å². The van der Waals surface area contributed by atoms with Gasteiger partial charge in [0.05, 0.1) is 11.2 Å². The highest BCUT2D eigenvalue weighted by atomic mass is 32.1. The van der Waals surface area contributed by atoms with E-state index in [-0.39, 0.29) is 5.91 Å². The second kappa shape index (κ2) is 5.97. The fourth-order valence-electron chi connectivity index (χ4n) is 2.80. The van der Waals surface area contributed by atoms with E-state index in [0.29, 0.717) is 5.92 Å². The molecular formula is C15H20N4OS. The molecule has 3 rings (SSSR count). The number of hydrogen-bond acceptors (Lipinski definition) is 4. The molecule has 21 heavy (non-hydrogen) atoms. The van der Waals surface area contributed by atoms with Crippen LogP contribution in [0.1, 0.15) is 33.8 Å². The molecule has 0 radical (unpaired) electrons. The lowest BCUT2D eigenvalue weighted by Gasteiger charge is -2.27. The molecule has 1 aliphatic rings. The van der Waals surface area contributed by atoms with Gasteiger partial charge >= 0.3 is 0 Å². The third kappa shape index (κ3) is 3.00. The summed E-state index contributed by atoms with van der Waals surface area (Å²) < 4.78 is 2.20. The molecule has 0 unspecified atom stereocenters. The van der Waals surface area contributed by atoms with E-state index in [0.717, 1.165) is 48.1 Å². The summed E-state index contributed by atoms with van der Waals surface area (Å²) in [7, 11) is 1.88. The Morgan fingerprint density at radius 3 is 3.14 bits per heavy atom. The van der Waals surface area contributed by atoms with E-state index in [2.05, 4.69) is 21.5 Å². The summed E-state index contributed by atoms with van der Waals surface area (Å²) in [6, 6.07) is 0. The average molecular weight is 304 g/mol. The quantitative estimate of drug-likeness (QED) is 0.870. The third-order valence-electron chi connectivity index (χ3n) is 4.00. The fraction of sp³-hybridized carbons (Fsp3) is 0.533. The van der Waals surface area contributed by atoms with Crippen LogP contribution in [0.5, 0.6) is 0 Å². The van der Waals surface area contributed by atoms with E-state index in [1.807, 2.05) is 24.3 Å². The molecule has 0 saturated heterocycles. The summed E-state index contributed by atoms with van der Waals surface area (Å²) in [6.07, 6.45) is 8.53. The lowest BCUT2D eigenvalue weighted by atomic mass is 9.97. The standard InChI is InChI=1S/C15H20N4OS/c1-3-14-17-9-12(21-14)15(20)18(2)10-11-4-6-19-7-5-16-13(19)8-11/h5,7,9,11H,3-4,6,8,10H2,1-2H3/t11-/m1/s1. The number of carbonyl (C=O) groups is 1. The van der Waals surface area contributed by atoms with Crippen molar-refractivity contribution in [1.82, 2.24) is 19.4 Å². The summed E-state index contributed by atoms with van der Waals surface area (Å²) >= 11 is 1.50. The molecule has 1 atom stereocenters. The van der Waals surface area contributed by atoms with Crippen LogP contribution in [-0.4, -0.2) is 38.9 Å². The maximum atomic E-state index is 12.4. The molecule has 0 N–H and O–H groups in total. The van der Waals surface area contributed by atoms with Crippen LogP contribution in [0.25, 0.3) is 0 Å². The first-order chi connectivity index (χ1) is 10.2. The van der Waals surface area contributed by atoms with Gasteiger partial charge in [0.15, 0.2) is 0 Å². The molecular weight excluding hydrogens is 284 g/mol. The highest BCUT2D eigenvalue weighted by molar-refractivity contribution is 7.13. The van der Waals surface area contributed by atoms with Gasteiger partial charge in [-0.2, -0.15) is 0 Å². The Morgan fingerprint density at radius 2 is 2.38 bits per heavy atom. The first-order valence-corrected chi connectivity index (χ1v) is 8.19. The second-order valence-electron chi connectivity index (χ2n) is 5.55. The Hall–Kier alpha value is -1.69. The summed E-state index contributed by atoms with van der Waals surface area (Å²) in [5.74, 6) is 1.71. The van der Waals surface area contributed by atoms with Crippen LogP contribution in [0.2, 0.25) is 0 Å². The number of hydrogen-bond donors (Lipinski definition) is 0. The number of thiazole rings is 1. The zero-order chi connectivity index (χ0) is 14.8. The minimum Gasteiger partial charge on any atom is -0.341 e. The molecule has 5 nitrogen and oxygen atoms in total. The molecule has 1 amide bonds. The molecule has 0 bridgehead atoms. The lowest BCUT2D eigenvalue weighted by molar-refractivity contribution is 0.0768. The topological polar surface area (TPSA) is 51.0 Å². The normalized spacial score (nSPS) is 17.5. The number of aromatic nitrogens is 3. The van der Waals surface area contributed by atoms with E-state index in [9.17, 15) is 4.79 Å². The molecule has 112 valence electrons. The van der Waals surface area contributed by atoms with E-state index >= 15 is 0 Å². The molecule has 0 saturated carbocycles. The van der Waals surface area contributed by atoms with Gasteiger partial charge in [0.1, 0.15) is 10.7 Å². The molecule has 0 fully saturated rings. The minimum absolute atomic E-state index is 0.0844. The number of carbonyl (C=O) groups excluding carboxylic acids is 1. The third-order valence-corrected chi connectivity index (χ3v) is 5.13. The van der Waals surface area contributed by atoms with Crippen LogP contribution >= 0.6 is 11.3 Å². The van der Waals surface area contributed by atoms with Gasteiger partial charge in [-0.3, -0.25) is 4.79 Å². The van der Waals surface area contributed by atoms with Crippen molar-refractivity contribution in [1.29, 1.82) is 0 Å². The van der Waals surface area contributed by atoms with Gasteiger partial charge < -0.3 is 9.47 Å². The zero-order valence-corrected chi connectivity index (χ0v) is 13.3. The van der Waals surface area contributed by atoms with Crippen LogP contribution < -0.4 is 0 Å². The highest BCUT2D eigenvalue weighted by Crippen LogP contribution is 2.21. The van der Waals surface area contributed by atoms with Crippen molar-refractivity contribution in [2.45, 2.75) is 32.7 Å². The number of fused-ring (bicyclic) bond motifs is 1. The first-order valence-electron chi connectivity index (χ1n) is 7.37. The highest BCUT2D eigenvalue weighted by Gasteiger charge is 2.23. The van der Waals surface area contributed by atoms with Gasteiger partial charge in [-0.1, -0.05) is 6.92 Å². The fourth-order valence-corrected chi connectivity index (χ4v) is 3.65. The molecule has 3 heterocycles. The number of nitrogens with zero attached hydrogens (tertiary/aromatic N) is 4.